The smallest absolute Gasteiger partial charge is 0.171 e. The number of aromatic amines is 1. The zero-order valence-corrected chi connectivity index (χ0v) is 11.1. The van der Waals surface area contributed by atoms with Crippen LogP contribution in [-0.4, -0.2) is 19.9 Å². The van der Waals surface area contributed by atoms with Crippen molar-refractivity contribution >= 4 is 11.8 Å². The van der Waals surface area contributed by atoms with Crippen LogP contribution in [0.15, 0.2) is 22.4 Å². The molecule has 90 valence electrons. The Kier molecular flexibility index (Phi) is 3.78. The number of nitrogens with zero attached hydrogens (tertiary/aromatic N) is 3. The summed E-state index contributed by atoms with van der Waals surface area (Å²) in [7, 11) is 0. The van der Waals surface area contributed by atoms with Crippen molar-refractivity contribution in [3.63, 3.8) is 0 Å². The molecule has 0 aliphatic carbocycles. The number of imidazole rings is 1. The SMILES string of the molecule is CCc1cc(Sc2ncc(CC)[nH]2)nc(C)n1. The van der Waals surface area contributed by atoms with Gasteiger partial charge in [-0.3, -0.25) is 0 Å². The van der Waals surface area contributed by atoms with Crippen LogP contribution in [0.1, 0.15) is 31.1 Å². The highest BCUT2D eigenvalue weighted by atomic mass is 32.2. The second-order valence-electron chi connectivity index (χ2n) is 3.77. The number of nitrogens with one attached hydrogen (secondary N) is 1. The third-order valence-corrected chi connectivity index (χ3v) is 3.24. The summed E-state index contributed by atoms with van der Waals surface area (Å²) < 4.78 is 0. The van der Waals surface area contributed by atoms with E-state index in [1.807, 2.05) is 19.2 Å². The monoisotopic (exact) mass is 248 g/mol. The Labute approximate surface area is 105 Å². The molecule has 0 saturated carbocycles. The molecule has 0 radical (unpaired) electrons. The van der Waals surface area contributed by atoms with Crippen LogP contribution in [0.25, 0.3) is 0 Å². The molecule has 0 fully saturated rings. The molecule has 0 spiro atoms. The van der Waals surface area contributed by atoms with Gasteiger partial charge >= 0.3 is 0 Å². The van der Waals surface area contributed by atoms with Gasteiger partial charge in [-0.25, -0.2) is 15.0 Å². The molecule has 0 unspecified atom stereocenters. The Balaban J connectivity index is 2.20. The van der Waals surface area contributed by atoms with Gasteiger partial charge in [-0.1, -0.05) is 13.8 Å². The van der Waals surface area contributed by atoms with E-state index in [9.17, 15) is 0 Å². The molecule has 0 aromatic carbocycles. The van der Waals surface area contributed by atoms with Gasteiger partial charge in [-0.05, 0) is 37.6 Å². The quantitative estimate of drug-likeness (QED) is 0.845. The minimum absolute atomic E-state index is 0.814. The molecule has 0 aliphatic rings. The number of hydrogen-bond acceptors (Lipinski definition) is 4. The molecule has 5 heteroatoms. The van der Waals surface area contributed by atoms with Crippen molar-refractivity contribution < 1.29 is 0 Å². The summed E-state index contributed by atoms with van der Waals surface area (Å²) >= 11 is 1.55. The van der Waals surface area contributed by atoms with Gasteiger partial charge in [0.1, 0.15) is 10.9 Å². The second-order valence-corrected chi connectivity index (χ2v) is 4.78. The lowest BCUT2D eigenvalue weighted by molar-refractivity contribution is 0.892. The normalized spacial score (nSPS) is 10.8. The third kappa shape index (κ3) is 3.06. The highest BCUT2D eigenvalue weighted by Crippen LogP contribution is 2.23. The van der Waals surface area contributed by atoms with E-state index in [4.69, 9.17) is 0 Å². The maximum Gasteiger partial charge on any atom is 0.171 e. The molecule has 1 N–H and O–H groups in total. The zero-order chi connectivity index (χ0) is 12.3. The van der Waals surface area contributed by atoms with Crippen LogP contribution >= 0.6 is 11.8 Å². The summed E-state index contributed by atoms with van der Waals surface area (Å²) in [4.78, 5) is 16.3. The van der Waals surface area contributed by atoms with Crippen LogP contribution in [0.3, 0.4) is 0 Å². The fourth-order valence-electron chi connectivity index (χ4n) is 1.50. The predicted octanol–water partition coefficient (Wildman–Crippen LogP) is 2.78. The highest BCUT2D eigenvalue weighted by molar-refractivity contribution is 7.99. The Bertz CT molecular complexity index is 507. The summed E-state index contributed by atoms with van der Waals surface area (Å²) in [6.45, 7) is 6.12. The Morgan fingerprint density at radius 2 is 2.06 bits per heavy atom. The standard InChI is InChI=1S/C12H16N4S/c1-4-9-6-11(15-8(3)14-9)17-12-13-7-10(5-2)16-12/h6-7H,4-5H2,1-3H3,(H,13,16). The van der Waals surface area contributed by atoms with Gasteiger partial charge in [0.25, 0.3) is 0 Å². The van der Waals surface area contributed by atoms with E-state index in [-0.39, 0.29) is 0 Å². The number of aryl methyl sites for hydroxylation is 3. The van der Waals surface area contributed by atoms with Crippen LogP contribution in [0.5, 0.6) is 0 Å². The molecule has 2 rings (SSSR count). The average molecular weight is 248 g/mol. The van der Waals surface area contributed by atoms with Crippen LogP contribution in [0.2, 0.25) is 0 Å². The van der Waals surface area contributed by atoms with Gasteiger partial charge in [-0.15, -0.1) is 0 Å². The van der Waals surface area contributed by atoms with Crippen molar-refractivity contribution in [2.45, 2.75) is 43.8 Å². The van der Waals surface area contributed by atoms with Crippen molar-refractivity contribution in [1.82, 2.24) is 19.9 Å². The fraction of sp³-hybridized carbons (Fsp3) is 0.417. The van der Waals surface area contributed by atoms with Gasteiger partial charge in [0, 0.05) is 17.6 Å². The summed E-state index contributed by atoms with van der Waals surface area (Å²) in [5.74, 6) is 0.814. The first-order valence-corrected chi connectivity index (χ1v) is 6.59. The van der Waals surface area contributed by atoms with E-state index in [0.717, 1.165) is 40.2 Å². The summed E-state index contributed by atoms with van der Waals surface area (Å²) in [6.07, 6.45) is 3.77. The number of H-pyrrole nitrogens is 1. The van der Waals surface area contributed by atoms with Crippen molar-refractivity contribution in [3.05, 3.63) is 29.5 Å². The topological polar surface area (TPSA) is 54.5 Å². The molecule has 4 nitrogen and oxygen atoms in total. The molecule has 0 bridgehead atoms. The van der Waals surface area contributed by atoms with Crippen molar-refractivity contribution in [1.29, 1.82) is 0 Å². The molecule has 0 aliphatic heterocycles. The van der Waals surface area contributed by atoms with Crippen molar-refractivity contribution in [3.8, 4) is 0 Å². The summed E-state index contributed by atoms with van der Waals surface area (Å²) in [5.41, 5.74) is 2.22. The Hall–Kier alpha value is -1.36. The van der Waals surface area contributed by atoms with E-state index in [0.29, 0.717) is 0 Å². The minimum Gasteiger partial charge on any atom is -0.337 e. The molecule has 0 saturated heterocycles. The van der Waals surface area contributed by atoms with Gasteiger partial charge in [0.05, 0.1) is 0 Å². The van der Waals surface area contributed by atoms with Crippen LogP contribution in [0, 0.1) is 6.92 Å². The van der Waals surface area contributed by atoms with Gasteiger partial charge in [0.15, 0.2) is 5.16 Å². The number of rotatable bonds is 4. The minimum atomic E-state index is 0.814. The maximum atomic E-state index is 4.40. The predicted molar refractivity (Wildman–Crippen MR) is 68.2 cm³/mol. The van der Waals surface area contributed by atoms with E-state index < -0.39 is 0 Å². The van der Waals surface area contributed by atoms with Crippen LogP contribution in [0.4, 0.5) is 0 Å². The molecule has 0 amide bonds. The summed E-state index contributed by atoms with van der Waals surface area (Å²) in [5, 5.41) is 1.84. The largest absolute Gasteiger partial charge is 0.337 e. The molecule has 2 aromatic rings. The van der Waals surface area contributed by atoms with Gasteiger partial charge < -0.3 is 4.98 Å². The third-order valence-electron chi connectivity index (χ3n) is 2.42. The molecular formula is C12H16N4S. The lowest BCUT2D eigenvalue weighted by atomic mass is 10.3. The maximum absolute atomic E-state index is 4.40. The van der Waals surface area contributed by atoms with Crippen molar-refractivity contribution in [2.24, 2.45) is 0 Å². The molecular weight excluding hydrogens is 232 g/mol. The molecule has 0 atom stereocenters. The highest BCUT2D eigenvalue weighted by Gasteiger charge is 2.05. The molecule has 17 heavy (non-hydrogen) atoms. The van der Waals surface area contributed by atoms with E-state index >= 15 is 0 Å². The summed E-state index contributed by atoms with van der Waals surface area (Å²) in [6, 6.07) is 2.02. The Morgan fingerprint density at radius 1 is 1.24 bits per heavy atom. The Morgan fingerprint density at radius 3 is 2.71 bits per heavy atom. The second kappa shape index (κ2) is 5.31. The fourth-order valence-corrected chi connectivity index (χ4v) is 2.36. The van der Waals surface area contributed by atoms with E-state index in [1.54, 1.807) is 11.8 Å². The lowest BCUT2D eigenvalue weighted by Crippen LogP contribution is -1.95. The molecule has 2 aromatic heterocycles. The van der Waals surface area contributed by atoms with Crippen LogP contribution < -0.4 is 0 Å². The first-order valence-electron chi connectivity index (χ1n) is 5.77. The first kappa shape index (κ1) is 12.1. The number of hydrogen-bond donors (Lipinski definition) is 1. The van der Waals surface area contributed by atoms with E-state index in [2.05, 4.69) is 33.8 Å². The lowest BCUT2D eigenvalue weighted by Gasteiger charge is -2.02. The van der Waals surface area contributed by atoms with Gasteiger partial charge in [-0.2, -0.15) is 0 Å². The number of aromatic nitrogens is 4. The molecule has 2 heterocycles. The zero-order valence-electron chi connectivity index (χ0n) is 10.3. The van der Waals surface area contributed by atoms with Crippen LogP contribution in [-0.2, 0) is 12.8 Å². The van der Waals surface area contributed by atoms with E-state index in [1.165, 1.54) is 0 Å². The average Bonchev–Trinajstić information content (AvgIpc) is 2.76. The van der Waals surface area contributed by atoms with Crippen molar-refractivity contribution in [2.75, 3.05) is 0 Å². The first-order chi connectivity index (χ1) is 8.21. The van der Waals surface area contributed by atoms with Gasteiger partial charge in [0.2, 0.25) is 0 Å².